The van der Waals surface area contributed by atoms with E-state index in [4.69, 9.17) is 5.11 Å². The van der Waals surface area contributed by atoms with Gasteiger partial charge in [-0.2, -0.15) is 0 Å². The van der Waals surface area contributed by atoms with Crippen LogP contribution >= 0.6 is 0 Å². The Bertz CT molecular complexity index is 529. The SMILES string of the molecule is Cc1ccc(-c2cn(C)c(CCO)n2)c(C)c1. The molecule has 0 radical (unpaired) electrons. The molecule has 17 heavy (non-hydrogen) atoms. The zero-order valence-corrected chi connectivity index (χ0v) is 10.6. The number of hydrogen-bond donors (Lipinski definition) is 1. The summed E-state index contributed by atoms with van der Waals surface area (Å²) in [4.78, 5) is 4.56. The normalized spacial score (nSPS) is 10.8. The van der Waals surface area contributed by atoms with E-state index in [-0.39, 0.29) is 6.61 Å². The standard InChI is InChI=1S/C14H18N2O/c1-10-4-5-12(11(2)8-10)13-9-16(3)14(15-13)6-7-17/h4-5,8-9,17H,6-7H2,1-3H3. The predicted molar refractivity (Wildman–Crippen MR) is 68.9 cm³/mol. The first kappa shape index (κ1) is 11.9. The lowest BCUT2D eigenvalue weighted by molar-refractivity contribution is 0.295. The summed E-state index contributed by atoms with van der Waals surface area (Å²) in [6.45, 7) is 4.33. The highest BCUT2D eigenvalue weighted by atomic mass is 16.3. The second-order valence-electron chi connectivity index (χ2n) is 4.45. The number of imidazole rings is 1. The number of aliphatic hydroxyl groups is 1. The van der Waals surface area contributed by atoms with Crippen LogP contribution in [0, 0.1) is 13.8 Å². The van der Waals surface area contributed by atoms with E-state index >= 15 is 0 Å². The van der Waals surface area contributed by atoms with E-state index in [2.05, 4.69) is 37.0 Å². The highest BCUT2D eigenvalue weighted by Gasteiger charge is 2.08. The summed E-state index contributed by atoms with van der Waals surface area (Å²) < 4.78 is 1.98. The summed E-state index contributed by atoms with van der Waals surface area (Å²) in [5.41, 5.74) is 4.64. The van der Waals surface area contributed by atoms with Crippen LogP contribution in [-0.4, -0.2) is 21.3 Å². The Labute approximate surface area is 102 Å². The van der Waals surface area contributed by atoms with Crippen molar-refractivity contribution in [1.29, 1.82) is 0 Å². The van der Waals surface area contributed by atoms with E-state index in [9.17, 15) is 0 Å². The molecular weight excluding hydrogens is 212 g/mol. The molecule has 3 heteroatoms. The van der Waals surface area contributed by atoms with Crippen molar-refractivity contribution in [3.05, 3.63) is 41.3 Å². The summed E-state index contributed by atoms with van der Waals surface area (Å²) in [5, 5.41) is 8.96. The fraction of sp³-hybridized carbons (Fsp3) is 0.357. The molecule has 3 nitrogen and oxygen atoms in total. The summed E-state index contributed by atoms with van der Waals surface area (Å²) in [6, 6.07) is 6.37. The molecule has 0 amide bonds. The van der Waals surface area contributed by atoms with Crippen LogP contribution in [0.5, 0.6) is 0 Å². The molecule has 0 aliphatic carbocycles. The van der Waals surface area contributed by atoms with Crippen molar-refractivity contribution < 1.29 is 5.11 Å². The molecule has 0 unspecified atom stereocenters. The van der Waals surface area contributed by atoms with Gasteiger partial charge >= 0.3 is 0 Å². The molecule has 0 spiro atoms. The summed E-state index contributed by atoms with van der Waals surface area (Å²) in [6.07, 6.45) is 2.62. The molecule has 0 fully saturated rings. The van der Waals surface area contributed by atoms with Gasteiger partial charge in [-0.15, -0.1) is 0 Å². The minimum atomic E-state index is 0.136. The highest BCUT2D eigenvalue weighted by Crippen LogP contribution is 2.23. The van der Waals surface area contributed by atoms with Gasteiger partial charge in [-0.3, -0.25) is 0 Å². The van der Waals surface area contributed by atoms with E-state index in [1.165, 1.54) is 11.1 Å². The van der Waals surface area contributed by atoms with E-state index in [0.717, 1.165) is 17.1 Å². The first-order valence-corrected chi connectivity index (χ1v) is 5.82. The van der Waals surface area contributed by atoms with Gasteiger partial charge in [0.2, 0.25) is 0 Å². The molecule has 0 atom stereocenters. The fourth-order valence-electron chi connectivity index (χ4n) is 2.07. The number of benzene rings is 1. The molecular formula is C14H18N2O. The molecule has 1 heterocycles. The predicted octanol–water partition coefficient (Wildman–Crippen LogP) is 2.24. The molecule has 0 bridgehead atoms. The zero-order valence-electron chi connectivity index (χ0n) is 10.6. The van der Waals surface area contributed by atoms with Gasteiger partial charge in [0, 0.05) is 25.2 Å². The van der Waals surface area contributed by atoms with Crippen LogP contribution < -0.4 is 0 Å². The lowest BCUT2D eigenvalue weighted by Crippen LogP contribution is -1.99. The Kier molecular flexibility index (Phi) is 3.29. The summed E-state index contributed by atoms with van der Waals surface area (Å²) >= 11 is 0. The van der Waals surface area contributed by atoms with Crippen molar-refractivity contribution in [3.63, 3.8) is 0 Å². The van der Waals surface area contributed by atoms with E-state index in [1.807, 2.05) is 17.8 Å². The van der Waals surface area contributed by atoms with Gasteiger partial charge in [-0.25, -0.2) is 4.98 Å². The molecule has 0 saturated carbocycles. The van der Waals surface area contributed by atoms with E-state index in [0.29, 0.717) is 6.42 Å². The van der Waals surface area contributed by atoms with Crippen LogP contribution in [0.25, 0.3) is 11.3 Å². The Morgan fingerprint density at radius 1 is 1.29 bits per heavy atom. The Hall–Kier alpha value is -1.61. The maximum Gasteiger partial charge on any atom is 0.111 e. The maximum absolute atomic E-state index is 8.96. The van der Waals surface area contributed by atoms with Gasteiger partial charge in [0.05, 0.1) is 12.3 Å². The molecule has 1 N–H and O–H groups in total. The van der Waals surface area contributed by atoms with Gasteiger partial charge in [0.1, 0.15) is 5.82 Å². The first-order chi connectivity index (χ1) is 8.11. The van der Waals surface area contributed by atoms with Crippen LogP contribution in [0.4, 0.5) is 0 Å². The van der Waals surface area contributed by atoms with Crippen LogP contribution in [-0.2, 0) is 13.5 Å². The minimum absolute atomic E-state index is 0.136. The topological polar surface area (TPSA) is 38.0 Å². The molecule has 2 rings (SSSR count). The van der Waals surface area contributed by atoms with Gasteiger partial charge in [-0.1, -0.05) is 23.8 Å². The smallest absolute Gasteiger partial charge is 0.111 e. The number of aryl methyl sites for hydroxylation is 3. The van der Waals surface area contributed by atoms with Gasteiger partial charge in [0.15, 0.2) is 0 Å². The third-order valence-electron chi connectivity index (χ3n) is 2.97. The van der Waals surface area contributed by atoms with Crippen LogP contribution in [0.2, 0.25) is 0 Å². The quantitative estimate of drug-likeness (QED) is 0.878. The third kappa shape index (κ3) is 2.39. The first-order valence-electron chi connectivity index (χ1n) is 5.82. The van der Waals surface area contributed by atoms with Crippen molar-refractivity contribution >= 4 is 0 Å². The van der Waals surface area contributed by atoms with Crippen LogP contribution in [0.15, 0.2) is 24.4 Å². The number of aliphatic hydroxyl groups excluding tert-OH is 1. The average Bonchev–Trinajstić information content (AvgIpc) is 2.60. The molecule has 90 valence electrons. The number of rotatable bonds is 3. The third-order valence-corrected chi connectivity index (χ3v) is 2.97. The van der Waals surface area contributed by atoms with E-state index in [1.54, 1.807) is 0 Å². The summed E-state index contributed by atoms with van der Waals surface area (Å²) in [7, 11) is 1.96. The minimum Gasteiger partial charge on any atom is -0.396 e. The molecule has 0 aliphatic heterocycles. The number of nitrogens with zero attached hydrogens (tertiary/aromatic N) is 2. The van der Waals surface area contributed by atoms with Gasteiger partial charge < -0.3 is 9.67 Å². The lowest BCUT2D eigenvalue weighted by Gasteiger charge is -2.03. The van der Waals surface area contributed by atoms with Crippen molar-refractivity contribution in [3.8, 4) is 11.3 Å². The van der Waals surface area contributed by atoms with E-state index < -0.39 is 0 Å². The fourth-order valence-corrected chi connectivity index (χ4v) is 2.07. The molecule has 2 aromatic rings. The monoisotopic (exact) mass is 230 g/mol. The largest absolute Gasteiger partial charge is 0.396 e. The molecule has 1 aromatic heterocycles. The Balaban J connectivity index is 2.42. The average molecular weight is 230 g/mol. The maximum atomic E-state index is 8.96. The van der Waals surface area contributed by atoms with Gasteiger partial charge in [0.25, 0.3) is 0 Å². The summed E-state index contributed by atoms with van der Waals surface area (Å²) in [5.74, 6) is 0.919. The highest BCUT2D eigenvalue weighted by molar-refractivity contribution is 5.63. The van der Waals surface area contributed by atoms with Crippen molar-refractivity contribution in [2.45, 2.75) is 20.3 Å². The Morgan fingerprint density at radius 3 is 2.71 bits per heavy atom. The van der Waals surface area contributed by atoms with Crippen LogP contribution in [0.3, 0.4) is 0 Å². The van der Waals surface area contributed by atoms with Gasteiger partial charge in [-0.05, 0) is 19.4 Å². The zero-order chi connectivity index (χ0) is 12.4. The van der Waals surface area contributed by atoms with Crippen molar-refractivity contribution in [2.75, 3.05) is 6.61 Å². The second-order valence-corrected chi connectivity index (χ2v) is 4.45. The lowest BCUT2D eigenvalue weighted by atomic mass is 10.0. The molecule has 1 aromatic carbocycles. The van der Waals surface area contributed by atoms with Crippen molar-refractivity contribution in [1.82, 2.24) is 9.55 Å². The molecule has 0 aliphatic rings. The Morgan fingerprint density at radius 2 is 2.06 bits per heavy atom. The number of hydrogen-bond acceptors (Lipinski definition) is 2. The molecule has 0 saturated heterocycles. The number of aromatic nitrogens is 2. The van der Waals surface area contributed by atoms with Crippen molar-refractivity contribution in [2.24, 2.45) is 7.05 Å². The van der Waals surface area contributed by atoms with Crippen LogP contribution in [0.1, 0.15) is 17.0 Å². The second kappa shape index (κ2) is 4.72.